The topological polar surface area (TPSA) is 100 Å². The van der Waals surface area contributed by atoms with Crippen LogP contribution in [0, 0.1) is 0 Å². The molecule has 0 bridgehead atoms. The van der Waals surface area contributed by atoms with Crippen molar-refractivity contribution in [3.8, 4) is 0 Å². The van der Waals surface area contributed by atoms with E-state index in [2.05, 4.69) is 15.5 Å². The Labute approximate surface area is 140 Å². The molecule has 0 aliphatic rings. The number of ether oxygens (including phenoxy) is 1. The summed E-state index contributed by atoms with van der Waals surface area (Å²) in [4.78, 5) is 24.3. The van der Waals surface area contributed by atoms with Crippen molar-refractivity contribution in [2.45, 2.75) is 13.2 Å². The third-order valence-electron chi connectivity index (χ3n) is 3.74. The molecule has 0 unspecified atom stereocenters. The van der Waals surface area contributed by atoms with Gasteiger partial charge in [0.05, 0.1) is 11.8 Å². The van der Waals surface area contributed by atoms with Gasteiger partial charge in [-0.3, -0.25) is 9.59 Å². The molecule has 0 fully saturated rings. The molecular formula is C17H12N4O4. The summed E-state index contributed by atoms with van der Waals surface area (Å²) in [5.74, 6) is -0.541. The van der Waals surface area contributed by atoms with E-state index >= 15 is 0 Å². The van der Waals surface area contributed by atoms with Crippen LogP contribution in [0.15, 0.2) is 57.8 Å². The van der Waals surface area contributed by atoms with Crippen molar-refractivity contribution in [1.82, 2.24) is 20.2 Å². The zero-order valence-electron chi connectivity index (χ0n) is 13.0. The molecule has 8 nitrogen and oxygen atoms in total. The van der Waals surface area contributed by atoms with Gasteiger partial charge in [-0.05, 0) is 24.3 Å². The first-order valence-corrected chi connectivity index (χ1v) is 7.54. The van der Waals surface area contributed by atoms with E-state index < -0.39 is 5.97 Å². The maximum Gasteiger partial charge on any atom is 0.313 e. The van der Waals surface area contributed by atoms with Crippen LogP contribution in [-0.4, -0.2) is 26.1 Å². The van der Waals surface area contributed by atoms with Crippen molar-refractivity contribution in [2.24, 2.45) is 0 Å². The zero-order valence-corrected chi connectivity index (χ0v) is 13.0. The molecule has 25 heavy (non-hydrogen) atoms. The molecule has 2 heterocycles. The van der Waals surface area contributed by atoms with Gasteiger partial charge in [0.2, 0.25) is 0 Å². The van der Waals surface area contributed by atoms with Crippen molar-refractivity contribution in [2.75, 3.05) is 0 Å². The Morgan fingerprint density at radius 3 is 2.72 bits per heavy atom. The Morgan fingerprint density at radius 2 is 1.84 bits per heavy atom. The van der Waals surface area contributed by atoms with Gasteiger partial charge >= 0.3 is 5.97 Å². The van der Waals surface area contributed by atoms with Crippen LogP contribution >= 0.6 is 0 Å². The van der Waals surface area contributed by atoms with Gasteiger partial charge < -0.3 is 9.26 Å². The molecule has 0 amide bonds. The molecule has 0 atom stereocenters. The third-order valence-corrected chi connectivity index (χ3v) is 3.74. The lowest BCUT2D eigenvalue weighted by molar-refractivity contribution is -0.147. The second-order valence-electron chi connectivity index (χ2n) is 5.36. The number of esters is 1. The molecule has 124 valence electrons. The first kappa shape index (κ1) is 15.0. The van der Waals surface area contributed by atoms with Crippen molar-refractivity contribution in [3.63, 3.8) is 0 Å². The Kier molecular flexibility index (Phi) is 3.70. The van der Waals surface area contributed by atoms with Gasteiger partial charge in [0.25, 0.3) is 5.56 Å². The average molecular weight is 336 g/mol. The van der Waals surface area contributed by atoms with Gasteiger partial charge in [0.1, 0.15) is 11.2 Å². The number of hydrogen-bond acceptors (Lipinski definition) is 7. The van der Waals surface area contributed by atoms with Gasteiger partial charge in [0, 0.05) is 5.39 Å². The molecule has 2 aromatic carbocycles. The van der Waals surface area contributed by atoms with Crippen molar-refractivity contribution in [1.29, 1.82) is 0 Å². The van der Waals surface area contributed by atoms with Gasteiger partial charge in [0.15, 0.2) is 12.3 Å². The highest BCUT2D eigenvalue weighted by atomic mass is 16.5. The van der Waals surface area contributed by atoms with E-state index in [1.807, 2.05) is 18.2 Å². The fraction of sp³-hybridized carbons (Fsp3) is 0.118. The van der Waals surface area contributed by atoms with E-state index in [1.54, 1.807) is 30.3 Å². The first-order chi connectivity index (χ1) is 12.2. The highest BCUT2D eigenvalue weighted by molar-refractivity contribution is 5.84. The van der Waals surface area contributed by atoms with Gasteiger partial charge in [-0.1, -0.05) is 34.6 Å². The summed E-state index contributed by atoms with van der Waals surface area (Å²) in [7, 11) is 0. The maximum atomic E-state index is 12.3. The number of carbonyl (C=O) groups excluding carboxylic acids is 1. The molecule has 8 heteroatoms. The van der Waals surface area contributed by atoms with Crippen LogP contribution in [0.4, 0.5) is 0 Å². The second kappa shape index (κ2) is 6.16. The number of carbonyl (C=O) groups is 1. The number of rotatable bonds is 4. The lowest BCUT2D eigenvalue weighted by Crippen LogP contribution is -2.26. The monoisotopic (exact) mass is 336 g/mol. The summed E-state index contributed by atoms with van der Waals surface area (Å²) in [5, 5.41) is 12.7. The molecule has 0 saturated carbocycles. The standard InChI is InChI=1S/C17H12N4O4/c22-16(9-14-11-5-2-4-8-15(11)25-19-14)24-10-21-17(23)12-6-1-3-7-13(12)18-20-21/h1-8H,9-10H2. The second-order valence-corrected chi connectivity index (χ2v) is 5.36. The number of fused-ring (bicyclic) bond motifs is 2. The Balaban J connectivity index is 1.49. The molecule has 0 saturated heterocycles. The number of para-hydroxylation sites is 1. The predicted octanol–water partition coefficient (Wildman–Crippen LogP) is 1.68. The average Bonchev–Trinajstić information content (AvgIpc) is 3.04. The van der Waals surface area contributed by atoms with Crippen LogP contribution in [0.5, 0.6) is 0 Å². The minimum atomic E-state index is -0.541. The Hall–Kier alpha value is -3.55. The predicted molar refractivity (Wildman–Crippen MR) is 87.6 cm³/mol. The van der Waals surface area contributed by atoms with Crippen LogP contribution in [-0.2, 0) is 22.7 Å². The quantitative estimate of drug-likeness (QED) is 0.523. The smallest absolute Gasteiger partial charge is 0.313 e. The normalized spacial score (nSPS) is 11.0. The van der Waals surface area contributed by atoms with E-state index in [0.29, 0.717) is 22.2 Å². The van der Waals surface area contributed by atoms with Crippen molar-refractivity contribution in [3.05, 3.63) is 64.6 Å². The molecule has 0 aliphatic heterocycles. The zero-order chi connectivity index (χ0) is 17.2. The fourth-order valence-corrected chi connectivity index (χ4v) is 2.49. The SMILES string of the molecule is O=C(Cc1noc2ccccc12)OCn1nnc2ccccc2c1=O. The van der Waals surface area contributed by atoms with Crippen LogP contribution < -0.4 is 5.56 Å². The Morgan fingerprint density at radius 1 is 1.08 bits per heavy atom. The van der Waals surface area contributed by atoms with E-state index in [-0.39, 0.29) is 18.7 Å². The number of benzene rings is 2. The summed E-state index contributed by atoms with van der Waals surface area (Å²) in [6, 6.07) is 14.1. The minimum absolute atomic E-state index is 0.0627. The fourth-order valence-electron chi connectivity index (χ4n) is 2.49. The third kappa shape index (κ3) is 2.85. The lowest BCUT2D eigenvalue weighted by atomic mass is 10.2. The van der Waals surface area contributed by atoms with E-state index in [9.17, 15) is 9.59 Å². The van der Waals surface area contributed by atoms with Crippen molar-refractivity contribution < 1.29 is 14.1 Å². The highest BCUT2D eigenvalue weighted by Crippen LogP contribution is 2.18. The van der Waals surface area contributed by atoms with Crippen LogP contribution in [0.3, 0.4) is 0 Å². The van der Waals surface area contributed by atoms with Gasteiger partial charge in [-0.15, -0.1) is 5.10 Å². The molecule has 0 spiro atoms. The molecular weight excluding hydrogens is 324 g/mol. The molecule has 0 radical (unpaired) electrons. The summed E-state index contributed by atoms with van der Waals surface area (Å²) >= 11 is 0. The van der Waals surface area contributed by atoms with Gasteiger partial charge in [-0.25, -0.2) is 0 Å². The van der Waals surface area contributed by atoms with Crippen LogP contribution in [0.2, 0.25) is 0 Å². The molecule has 0 N–H and O–H groups in total. The molecule has 4 rings (SSSR count). The summed E-state index contributed by atoms with van der Waals surface area (Å²) in [6.45, 7) is -0.314. The lowest BCUT2D eigenvalue weighted by Gasteiger charge is -2.05. The molecule has 2 aromatic heterocycles. The van der Waals surface area contributed by atoms with Gasteiger partial charge in [-0.2, -0.15) is 4.68 Å². The molecule has 0 aliphatic carbocycles. The number of hydrogen-bond donors (Lipinski definition) is 0. The van der Waals surface area contributed by atoms with E-state index in [1.165, 1.54) is 0 Å². The van der Waals surface area contributed by atoms with Crippen LogP contribution in [0.1, 0.15) is 5.69 Å². The number of nitrogens with zero attached hydrogens (tertiary/aromatic N) is 4. The minimum Gasteiger partial charge on any atom is -0.442 e. The van der Waals surface area contributed by atoms with E-state index in [4.69, 9.17) is 9.26 Å². The Bertz CT molecular complexity index is 1130. The largest absolute Gasteiger partial charge is 0.442 e. The van der Waals surface area contributed by atoms with Crippen molar-refractivity contribution >= 4 is 27.8 Å². The summed E-state index contributed by atoms with van der Waals surface area (Å²) < 4.78 is 11.3. The van der Waals surface area contributed by atoms with Crippen LogP contribution in [0.25, 0.3) is 21.9 Å². The molecule has 4 aromatic rings. The van der Waals surface area contributed by atoms with E-state index in [0.717, 1.165) is 10.1 Å². The maximum absolute atomic E-state index is 12.3. The highest BCUT2D eigenvalue weighted by Gasteiger charge is 2.14. The first-order valence-electron chi connectivity index (χ1n) is 7.54. The summed E-state index contributed by atoms with van der Waals surface area (Å²) in [6.07, 6.45) is -0.0627. The summed E-state index contributed by atoms with van der Waals surface area (Å²) in [5.41, 5.74) is 1.20. The number of aromatic nitrogens is 4.